The van der Waals surface area contributed by atoms with Gasteiger partial charge >= 0.3 is 0 Å². The van der Waals surface area contributed by atoms with Crippen molar-refractivity contribution in [2.45, 2.75) is 71.4 Å². The smallest absolute Gasteiger partial charge is 0.191 e. The largest absolute Gasteiger partial charge is 0.417 e. The van der Waals surface area contributed by atoms with E-state index < -0.39 is 16.4 Å². The first-order valence-corrected chi connectivity index (χ1v) is 13.0. The van der Waals surface area contributed by atoms with Gasteiger partial charge in [-0.05, 0) is 24.6 Å². The van der Waals surface area contributed by atoms with Crippen molar-refractivity contribution in [1.82, 2.24) is 0 Å². The summed E-state index contributed by atoms with van der Waals surface area (Å²) < 4.78 is 6.15. The summed E-state index contributed by atoms with van der Waals surface area (Å²) in [5, 5.41) is 0.328. The highest BCUT2D eigenvalue weighted by molar-refractivity contribution is 6.82. The van der Waals surface area contributed by atoms with E-state index in [-0.39, 0.29) is 0 Å². The highest BCUT2D eigenvalue weighted by atomic mass is 28.4. The molecule has 0 aliphatic rings. The van der Waals surface area contributed by atoms with E-state index in [0.717, 1.165) is 13.0 Å². The monoisotopic (exact) mass is 272 g/mol. The second kappa shape index (κ2) is 6.34. The van der Waals surface area contributed by atoms with E-state index in [1.165, 1.54) is 6.04 Å². The lowest BCUT2D eigenvalue weighted by Crippen LogP contribution is -2.40. The van der Waals surface area contributed by atoms with Crippen LogP contribution in [0.2, 0.25) is 37.3 Å². The maximum Gasteiger partial charge on any atom is 0.191 e. The van der Waals surface area contributed by atoms with Crippen LogP contribution < -0.4 is 0 Å². The zero-order valence-electron chi connectivity index (χ0n) is 13.2. The molecule has 0 rings (SSSR count). The van der Waals surface area contributed by atoms with E-state index in [1.54, 1.807) is 0 Å². The van der Waals surface area contributed by atoms with Gasteiger partial charge < -0.3 is 4.43 Å². The molecule has 0 amide bonds. The van der Waals surface area contributed by atoms with Gasteiger partial charge in [0.2, 0.25) is 0 Å². The van der Waals surface area contributed by atoms with Crippen LogP contribution in [0.1, 0.15) is 34.1 Å². The van der Waals surface area contributed by atoms with E-state index >= 15 is 0 Å². The standard InChI is InChI=1S/C14H32OSi2/c1-9-16(5,6)13-11-10-12-15-17(7,8)14(2,3)4/h11,13H,9-10,12H2,1-8H3/b13-11-. The van der Waals surface area contributed by atoms with Crippen LogP contribution in [0.15, 0.2) is 11.8 Å². The fourth-order valence-corrected chi connectivity index (χ4v) is 3.22. The second-order valence-electron chi connectivity index (χ2n) is 7.14. The highest BCUT2D eigenvalue weighted by Gasteiger charge is 2.36. The van der Waals surface area contributed by atoms with Gasteiger partial charge in [0.15, 0.2) is 8.32 Å². The van der Waals surface area contributed by atoms with Crippen LogP contribution in [0.3, 0.4) is 0 Å². The molecule has 0 fully saturated rings. The molecular weight excluding hydrogens is 240 g/mol. The average molecular weight is 273 g/mol. The second-order valence-corrected chi connectivity index (χ2v) is 17.0. The summed E-state index contributed by atoms with van der Waals surface area (Å²) in [7, 11) is -2.57. The van der Waals surface area contributed by atoms with Crippen molar-refractivity contribution in [2.24, 2.45) is 0 Å². The summed E-state index contributed by atoms with van der Waals surface area (Å²) in [4.78, 5) is 0. The van der Waals surface area contributed by atoms with E-state index in [1.807, 2.05) is 0 Å². The van der Waals surface area contributed by atoms with Crippen molar-refractivity contribution in [3.63, 3.8) is 0 Å². The van der Waals surface area contributed by atoms with Crippen LogP contribution in [0, 0.1) is 0 Å². The van der Waals surface area contributed by atoms with Crippen molar-refractivity contribution in [3.8, 4) is 0 Å². The molecule has 102 valence electrons. The summed E-state index contributed by atoms with van der Waals surface area (Å²) in [6, 6.07) is 1.33. The molecule has 3 heteroatoms. The molecular formula is C14H32OSi2. The van der Waals surface area contributed by atoms with Crippen LogP contribution in [-0.2, 0) is 4.43 Å². The molecule has 0 atom stereocenters. The van der Waals surface area contributed by atoms with E-state index in [0.29, 0.717) is 5.04 Å². The normalized spacial score (nSPS) is 14.6. The fourth-order valence-electron chi connectivity index (χ4n) is 1.12. The molecule has 0 heterocycles. The molecule has 0 spiro atoms. The molecule has 0 aromatic heterocycles. The van der Waals surface area contributed by atoms with Gasteiger partial charge in [-0.25, -0.2) is 0 Å². The number of rotatable bonds is 6. The zero-order chi connectivity index (χ0) is 13.7. The zero-order valence-corrected chi connectivity index (χ0v) is 15.2. The Morgan fingerprint density at radius 3 is 2.00 bits per heavy atom. The van der Waals surface area contributed by atoms with Crippen LogP contribution >= 0.6 is 0 Å². The van der Waals surface area contributed by atoms with Gasteiger partial charge in [0, 0.05) is 6.61 Å². The highest BCUT2D eigenvalue weighted by Crippen LogP contribution is 2.36. The number of hydrogen-bond acceptors (Lipinski definition) is 1. The van der Waals surface area contributed by atoms with E-state index in [4.69, 9.17) is 4.43 Å². The third-order valence-corrected chi connectivity index (χ3v) is 11.5. The lowest BCUT2D eigenvalue weighted by Gasteiger charge is -2.36. The molecule has 0 aromatic rings. The SMILES string of the molecule is CC[Si](C)(C)/C=C\CCO[Si](C)(C)C(C)(C)C. The van der Waals surface area contributed by atoms with Gasteiger partial charge in [-0.3, -0.25) is 0 Å². The van der Waals surface area contributed by atoms with E-state index in [2.05, 4.69) is 65.7 Å². The maximum absolute atomic E-state index is 6.15. The molecule has 0 saturated heterocycles. The van der Waals surface area contributed by atoms with Crippen molar-refractivity contribution < 1.29 is 4.43 Å². The van der Waals surface area contributed by atoms with Crippen molar-refractivity contribution in [2.75, 3.05) is 6.61 Å². The van der Waals surface area contributed by atoms with Crippen LogP contribution in [0.4, 0.5) is 0 Å². The van der Waals surface area contributed by atoms with Gasteiger partial charge in [0.25, 0.3) is 0 Å². The Balaban J connectivity index is 4.02. The number of hydrogen-bond donors (Lipinski definition) is 0. The quantitative estimate of drug-likeness (QED) is 0.476. The minimum absolute atomic E-state index is 0.328. The van der Waals surface area contributed by atoms with Gasteiger partial charge in [0.05, 0.1) is 8.07 Å². The van der Waals surface area contributed by atoms with Crippen molar-refractivity contribution in [1.29, 1.82) is 0 Å². The van der Waals surface area contributed by atoms with Crippen LogP contribution in [0.5, 0.6) is 0 Å². The predicted molar refractivity (Wildman–Crippen MR) is 84.9 cm³/mol. The minimum Gasteiger partial charge on any atom is -0.417 e. The molecule has 0 N–H and O–H groups in total. The summed E-state index contributed by atoms with van der Waals surface area (Å²) in [6.07, 6.45) is 3.41. The Labute approximate surface area is 111 Å². The first-order chi connectivity index (χ1) is 7.52. The van der Waals surface area contributed by atoms with Gasteiger partial charge in [0.1, 0.15) is 0 Å². The van der Waals surface area contributed by atoms with Crippen molar-refractivity contribution >= 4 is 16.4 Å². The molecule has 0 saturated carbocycles. The van der Waals surface area contributed by atoms with Gasteiger partial charge in [-0.15, -0.1) is 0 Å². The summed E-state index contributed by atoms with van der Waals surface area (Å²) in [6.45, 7) is 19.5. The Morgan fingerprint density at radius 2 is 1.59 bits per heavy atom. The molecule has 1 nitrogen and oxygen atoms in total. The summed E-state index contributed by atoms with van der Waals surface area (Å²) >= 11 is 0. The minimum atomic E-state index is -1.53. The lowest BCUT2D eigenvalue weighted by molar-refractivity contribution is 0.294. The van der Waals surface area contributed by atoms with Crippen LogP contribution in [-0.4, -0.2) is 23.0 Å². The molecule has 0 aliphatic heterocycles. The Morgan fingerprint density at radius 1 is 1.06 bits per heavy atom. The van der Waals surface area contributed by atoms with Gasteiger partial charge in [-0.1, -0.05) is 58.6 Å². The Bertz CT molecular complexity index is 249. The third-order valence-electron chi connectivity index (χ3n) is 4.03. The first kappa shape index (κ1) is 17.1. The van der Waals surface area contributed by atoms with Crippen LogP contribution in [0.25, 0.3) is 0 Å². The first-order valence-electron chi connectivity index (χ1n) is 6.83. The molecule has 0 radical (unpaired) electrons. The summed E-state index contributed by atoms with van der Waals surface area (Å²) in [5.74, 6) is 0. The summed E-state index contributed by atoms with van der Waals surface area (Å²) in [5.41, 5.74) is 2.46. The predicted octanol–water partition coefficient (Wildman–Crippen LogP) is 5.22. The van der Waals surface area contributed by atoms with Gasteiger partial charge in [-0.2, -0.15) is 0 Å². The molecule has 0 aliphatic carbocycles. The molecule has 0 bridgehead atoms. The topological polar surface area (TPSA) is 9.23 Å². The third kappa shape index (κ3) is 6.58. The fraction of sp³-hybridized carbons (Fsp3) is 0.857. The Hall–Kier alpha value is 0.134. The molecule has 0 unspecified atom stereocenters. The average Bonchev–Trinajstić information content (AvgIpc) is 2.15. The maximum atomic E-state index is 6.15. The lowest BCUT2D eigenvalue weighted by atomic mass is 10.2. The molecule has 0 aromatic carbocycles. The molecule has 17 heavy (non-hydrogen) atoms. The Kier molecular flexibility index (Phi) is 6.39. The van der Waals surface area contributed by atoms with Crippen molar-refractivity contribution in [3.05, 3.63) is 11.8 Å². The van der Waals surface area contributed by atoms with E-state index in [9.17, 15) is 0 Å².